The van der Waals surface area contributed by atoms with E-state index in [1.54, 1.807) is 25.1 Å². The minimum Gasteiger partial charge on any atom is -0.371 e. The predicted octanol–water partition coefficient (Wildman–Crippen LogP) is 6.77. The third-order valence-electron chi connectivity index (χ3n) is 6.32. The molecule has 1 aliphatic rings. The summed E-state index contributed by atoms with van der Waals surface area (Å²) in [4.78, 5) is 34.9. The standard InChI is InChI=1S/C29H23F5N6O3S/c1-16-2-3-19(12-43-13-24(31)32)23(10-16)40-25(41)14-44-29(40)37-28(42)36-22-9-6-18(11-21(22)30)27-35-15-39(38-27)20-7-4-17(5-8-20)26(33)34/h2-11,15,24,26H,12-14H2,1H3,(H,36,42)/b37-29-. The van der Waals surface area contributed by atoms with Gasteiger partial charge in [0.1, 0.15) is 18.8 Å². The summed E-state index contributed by atoms with van der Waals surface area (Å²) < 4.78 is 72.2. The number of benzene rings is 3. The molecule has 3 amide bonds. The van der Waals surface area contributed by atoms with E-state index in [1.165, 1.54) is 52.3 Å². The quantitative estimate of drug-likeness (QED) is 0.205. The van der Waals surface area contributed by atoms with Crippen LogP contribution in [0.1, 0.15) is 23.1 Å². The van der Waals surface area contributed by atoms with Gasteiger partial charge in [-0.25, -0.2) is 36.4 Å². The van der Waals surface area contributed by atoms with Gasteiger partial charge in [0, 0.05) is 16.7 Å². The zero-order valence-corrected chi connectivity index (χ0v) is 23.7. The van der Waals surface area contributed by atoms with Crippen molar-refractivity contribution in [3.63, 3.8) is 0 Å². The van der Waals surface area contributed by atoms with Crippen molar-refractivity contribution in [3.8, 4) is 17.1 Å². The van der Waals surface area contributed by atoms with E-state index in [0.29, 0.717) is 22.5 Å². The van der Waals surface area contributed by atoms with Gasteiger partial charge in [0.25, 0.3) is 12.9 Å². The largest absolute Gasteiger partial charge is 0.371 e. The summed E-state index contributed by atoms with van der Waals surface area (Å²) in [6.45, 7) is 0.812. The molecule has 0 aliphatic carbocycles. The van der Waals surface area contributed by atoms with Gasteiger partial charge in [-0.2, -0.15) is 4.99 Å². The van der Waals surface area contributed by atoms with Crippen LogP contribution in [-0.4, -0.2) is 50.7 Å². The van der Waals surface area contributed by atoms with E-state index < -0.39 is 31.3 Å². The molecule has 44 heavy (non-hydrogen) atoms. The molecule has 0 atom stereocenters. The van der Waals surface area contributed by atoms with Gasteiger partial charge in [-0.05, 0) is 48.9 Å². The fourth-order valence-corrected chi connectivity index (χ4v) is 5.08. The number of amides is 3. The average Bonchev–Trinajstić information content (AvgIpc) is 3.62. The van der Waals surface area contributed by atoms with Gasteiger partial charge >= 0.3 is 6.03 Å². The van der Waals surface area contributed by atoms with Crippen molar-refractivity contribution in [2.75, 3.05) is 22.6 Å². The van der Waals surface area contributed by atoms with Gasteiger partial charge in [0.15, 0.2) is 11.0 Å². The highest BCUT2D eigenvalue weighted by Gasteiger charge is 2.32. The number of carbonyl (C=O) groups excluding carboxylic acids is 2. The van der Waals surface area contributed by atoms with Crippen molar-refractivity contribution in [2.45, 2.75) is 26.4 Å². The zero-order chi connectivity index (χ0) is 31.4. The zero-order valence-electron chi connectivity index (χ0n) is 22.9. The Kier molecular flexibility index (Phi) is 9.35. The number of rotatable bonds is 9. The highest BCUT2D eigenvalue weighted by molar-refractivity contribution is 8.15. The van der Waals surface area contributed by atoms with Crippen LogP contribution in [0, 0.1) is 12.7 Å². The number of alkyl halides is 4. The molecule has 1 fully saturated rings. The van der Waals surface area contributed by atoms with Crippen molar-refractivity contribution in [2.24, 2.45) is 4.99 Å². The minimum absolute atomic E-state index is 0.0174. The number of halogens is 5. The number of hydrogen-bond acceptors (Lipinski definition) is 6. The number of nitrogens with zero attached hydrogens (tertiary/aromatic N) is 5. The first-order valence-electron chi connectivity index (χ1n) is 13.0. The van der Waals surface area contributed by atoms with Crippen LogP contribution in [-0.2, 0) is 16.1 Å². The lowest BCUT2D eigenvalue weighted by molar-refractivity contribution is -0.115. The fraction of sp³-hybridized carbons (Fsp3) is 0.207. The maximum Gasteiger partial charge on any atom is 0.347 e. The number of urea groups is 1. The number of aliphatic imine (C=N–C) groups is 1. The monoisotopic (exact) mass is 630 g/mol. The van der Waals surface area contributed by atoms with Crippen molar-refractivity contribution < 1.29 is 36.3 Å². The van der Waals surface area contributed by atoms with E-state index >= 15 is 4.39 Å². The molecular formula is C29H23F5N6O3S. The smallest absolute Gasteiger partial charge is 0.347 e. The molecule has 0 saturated carbocycles. The lowest BCUT2D eigenvalue weighted by Gasteiger charge is -2.20. The van der Waals surface area contributed by atoms with Crippen molar-refractivity contribution >= 4 is 40.2 Å². The molecule has 1 N–H and O–H groups in total. The fourth-order valence-electron chi connectivity index (χ4n) is 4.22. The van der Waals surface area contributed by atoms with Gasteiger partial charge in [0.05, 0.1) is 29.4 Å². The number of aromatic nitrogens is 3. The number of anilines is 2. The van der Waals surface area contributed by atoms with Crippen LogP contribution in [0.5, 0.6) is 0 Å². The number of ether oxygens (including phenoxy) is 1. The summed E-state index contributed by atoms with van der Waals surface area (Å²) >= 11 is 0.997. The Morgan fingerprint density at radius 1 is 1.09 bits per heavy atom. The summed E-state index contributed by atoms with van der Waals surface area (Å²) in [5, 5.41) is 6.65. The first kappa shape index (κ1) is 30.8. The van der Waals surface area contributed by atoms with E-state index in [1.807, 2.05) is 0 Å². The molecule has 1 aliphatic heterocycles. The second-order valence-corrected chi connectivity index (χ2v) is 10.4. The van der Waals surface area contributed by atoms with Crippen LogP contribution >= 0.6 is 11.8 Å². The van der Waals surface area contributed by atoms with E-state index in [-0.39, 0.29) is 40.5 Å². The number of hydrogen-bond donors (Lipinski definition) is 1. The Morgan fingerprint density at radius 2 is 1.86 bits per heavy atom. The molecule has 0 spiro atoms. The Hall–Kier alpha value is -4.63. The van der Waals surface area contributed by atoms with Crippen LogP contribution < -0.4 is 10.2 Å². The molecule has 3 aromatic carbocycles. The molecule has 0 unspecified atom stereocenters. The molecule has 0 bridgehead atoms. The first-order valence-corrected chi connectivity index (χ1v) is 14.0. The third kappa shape index (κ3) is 7.11. The van der Waals surface area contributed by atoms with E-state index in [0.717, 1.165) is 23.4 Å². The minimum atomic E-state index is -2.66. The molecule has 1 aromatic heterocycles. The SMILES string of the molecule is Cc1ccc(COCC(F)F)c(N2C(=O)CS/C2=N\C(=O)Nc2ccc(-c3ncn(-c4ccc(C(F)F)cc4)n3)cc2F)c1. The highest BCUT2D eigenvalue weighted by atomic mass is 32.2. The van der Waals surface area contributed by atoms with Gasteiger partial charge in [-0.1, -0.05) is 36.0 Å². The Labute approximate surface area is 251 Å². The van der Waals surface area contributed by atoms with Crippen LogP contribution in [0.2, 0.25) is 0 Å². The summed E-state index contributed by atoms with van der Waals surface area (Å²) in [6.07, 6.45) is -3.90. The number of nitrogens with one attached hydrogen (secondary N) is 1. The summed E-state index contributed by atoms with van der Waals surface area (Å²) in [5.41, 5.74) is 2.00. The lowest BCUT2D eigenvalue weighted by Crippen LogP contribution is -2.31. The second kappa shape index (κ2) is 13.3. The molecule has 228 valence electrons. The molecule has 1 saturated heterocycles. The second-order valence-electron chi connectivity index (χ2n) is 9.48. The van der Waals surface area contributed by atoms with E-state index in [2.05, 4.69) is 20.4 Å². The van der Waals surface area contributed by atoms with E-state index in [9.17, 15) is 27.2 Å². The topological polar surface area (TPSA) is 102 Å². The molecular weight excluding hydrogens is 607 g/mol. The van der Waals surface area contributed by atoms with Crippen molar-refractivity contribution in [1.82, 2.24) is 14.8 Å². The average molecular weight is 631 g/mol. The van der Waals surface area contributed by atoms with Crippen LogP contribution in [0.3, 0.4) is 0 Å². The van der Waals surface area contributed by atoms with Gasteiger partial charge in [0.2, 0.25) is 5.91 Å². The summed E-state index contributed by atoms with van der Waals surface area (Å²) in [5.74, 6) is -1.05. The maximum atomic E-state index is 15.0. The number of aryl methyl sites for hydroxylation is 1. The normalized spacial score (nSPS) is 14.3. The first-order chi connectivity index (χ1) is 21.1. The van der Waals surface area contributed by atoms with Crippen molar-refractivity contribution in [1.29, 1.82) is 0 Å². The molecule has 2 heterocycles. The maximum absolute atomic E-state index is 15.0. The number of carbonyl (C=O) groups is 2. The Balaban J connectivity index is 1.31. The molecule has 0 radical (unpaired) electrons. The lowest BCUT2D eigenvalue weighted by atomic mass is 10.1. The summed E-state index contributed by atoms with van der Waals surface area (Å²) in [7, 11) is 0. The third-order valence-corrected chi connectivity index (χ3v) is 7.24. The molecule has 4 aromatic rings. The van der Waals surface area contributed by atoms with Gasteiger partial charge < -0.3 is 10.1 Å². The van der Waals surface area contributed by atoms with Crippen molar-refractivity contribution in [3.05, 3.63) is 89.5 Å². The molecule has 9 nitrogen and oxygen atoms in total. The van der Waals surface area contributed by atoms with Gasteiger partial charge in [-0.3, -0.25) is 9.69 Å². The Bertz CT molecular complexity index is 1710. The van der Waals surface area contributed by atoms with Crippen LogP contribution in [0.25, 0.3) is 17.1 Å². The van der Waals surface area contributed by atoms with Crippen LogP contribution in [0.4, 0.5) is 38.1 Å². The Morgan fingerprint density at radius 3 is 2.57 bits per heavy atom. The predicted molar refractivity (Wildman–Crippen MR) is 155 cm³/mol. The number of amidine groups is 1. The number of thioether (sulfide) groups is 1. The highest BCUT2D eigenvalue weighted by Crippen LogP contribution is 2.32. The summed E-state index contributed by atoms with van der Waals surface area (Å²) in [6, 6.07) is 13.4. The molecule has 5 rings (SSSR count). The van der Waals surface area contributed by atoms with Crippen LogP contribution in [0.15, 0.2) is 72.0 Å². The van der Waals surface area contributed by atoms with E-state index in [4.69, 9.17) is 4.74 Å². The van der Waals surface area contributed by atoms with Gasteiger partial charge in [-0.15, -0.1) is 5.10 Å². The molecule has 15 heteroatoms.